The summed E-state index contributed by atoms with van der Waals surface area (Å²) in [7, 11) is 1.50. The van der Waals surface area contributed by atoms with Gasteiger partial charge in [-0.3, -0.25) is 4.79 Å². The molecule has 1 aliphatic heterocycles. The second-order valence-corrected chi connectivity index (χ2v) is 6.62. The number of benzene rings is 1. The van der Waals surface area contributed by atoms with E-state index in [0.717, 1.165) is 41.8 Å². The van der Waals surface area contributed by atoms with E-state index in [0.29, 0.717) is 23.6 Å². The Morgan fingerprint density at radius 2 is 2.26 bits per heavy atom. The number of aryl methyl sites for hydroxylation is 1. The van der Waals surface area contributed by atoms with Gasteiger partial charge >= 0.3 is 0 Å². The molecular weight excluding hydrogens is 342 g/mol. The molecule has 0 saturated carbocycles. The summed E-state index contributed by atoms with van der Waals surface area (Å²) >= 11 is 0. The Morgan fingerprint density at radius 3 is 2.93 bits per heavy atom. The van der Waals surface area contributed by atoms with E-state index in [1.165, 1.54) is 7.11 Å². The fourth-order valence-electron chi connectivity index (χ4n) is 3.46. The highest BCUT2D eigenvalue weighted by Crippen LogP contribution is 2.32. The molecule has 0 bridgehead atoms. The maximum absolute atomic E-state index is 12.5. The van der Waals surface area contributed by atoms with Crippen molar-refractivity contribution in [3.05, 3.63) is 46.6 Å². The van der Waals surface area contributed by atoms with Crippen LogP contribution in [0.2, 0.25) is 0 Å². The number of hydrogen-bond acceptors (Lipinski definition) is 5. The Hall–Kier alpha value is -2.91. The molecule has 1 unspecified atom stereocenters. The van der Waals surface area contributed by atoms with Crippen molar-refractivity contribution in [3.8, 4) is 23.1 Å². The van der Waals surface area contributed by atoms with Gasteiger partial charge in [0.25, 0.3) is 5.91 Å². The third kappa shape index (κ3) is 3.93. The second kappa shape index (κ2) is 8.19. The largest absolute Gasteiger partial charge is 0.480 e. The zero-order valence-electron chi connectivity index (χ0n) is 15.8. The van der Waals surface area contributed by atoms with Crippen LogP contribution in [-0.4, -0.2) is 37.3 Å². The van der Waals surface area contributed by atoms with Crippen LogP contribution in [0.5, 0.6) is 5.88 Å². The molecule has 140 valence electrons. The summed E-state index contributed by atoms with van der Waals surface area (Å²) in [6, 6.07) is 9.53. The summed E-state index contributed by atoms with van der Waals surface area (Å²) in [5.41, 5.74) is 4.21. The van der Waals surface area contributed by atoms with Crippen molar-refractivity contribution in [1.29, 1.82) is 5.26 Å². The van der Waals surface area contributed by atoms with Crippen LogP contribution in [0.25, 0.3) is 11.1 Å². The minimum atomic E-state index is -0.135. The Morgan fingerprint density at radius 1 is 1.44 bits per heavy atom. The molecular formula is C21H23N3O3. The van der Waals surface area contributed by atoms with E-state index >= 15 is 0 Å². The third-order valence-corrected chi connectivity index (χ3v) is 4.83. The fraction of sp³-hybridized carbons (Fsp3) is 0.381. The normalized spacial score (nSPS) is 16.0. The quantitative estimate of drug-likeness (QED) is 0.880. The number of pyridine rings is 1. The van der Waals surface area contributed by atoms with Gasteiger partial charge in [-0.1, -0.05) is 12.1 Å². The molecule has 2 aromatic rings. The lowest BCUT2D eigenvalue weighted by molar-refractivity contribution is 0.0858. The van der Waals surface area contributed by atoms with Gasteiger partial charge in [0, 0.05) is 30.0 Å². The predicted molar refractivity (Wildman–Crippen MR) is 102 cm³/mol. The molecule has 1 saturated heterocycles. The lowest BCUT2D eigenvalue weighted by atomic mass is 9.95. The highest BCUT2D eigenvalue weighted by Gasteiger charge is 2.19. The molecule has 6 heteroatoms. The van der Waals surface area contributed by atoms with Crippen molar-refractivity contribution < 1.29 is 14.3 Å². The molecule has 1 N–H and O–H groups in total. The molecule has 27 heavy (non-hydrogen) atoms. The van der Waals surface area contributed by atoms with Crippen LogP contribution in [0.4, 0.5) is 0 Å². The lowest BCUT2D eigenvalue weighted by Crippen LogP contribution is -2.31. The van der Waals surface area contributed by atoms with Gasteiger partial charge in [0.2, 0.25) is 5.88 Å². The van der Waals surface area contributed by atoms with Crippen LogP contribution < -0.4 is 10.1 Å². The first kappa shape index (κ1) is 18.9. The number of carbonyl (C=O) groups excluding carboxylic acids is 1. The van der Waals surface area contributed by atoms with E-state index < -0.39 is 0 Å². The highest BCUT2D eigenvalue weighted by molar-refractivity contribution is 5.95. The molecule has 1 atom stereocenters. The summed E-state index contributed by atoms with van der Waals surface area (Å²) < 4.78 is 10.8. The third-order valence-electron chi connectivity index (χ3n) is 4.83. The van der Waals surface area contributed by atoms with Gasteiger partial charge in [0.1, 0.15) is 11.6 Å². The highest BCUT2D eigenvalue weighted by atomic mass is 16.5. The standard InChI is InChI=1S/C21H23N3O3/c1-13-18(11-22)21(26-3)24-14(2)19(13)15-6-4-7-16(10-15)20(25)23-12-17-8-5-9-27-17/h4,6-7,10,17H,5,8-9,12H2,1-3H3,(H,23,25). The SMILES string of the molecule is COc1nc(C)c(-c2cccc(C(=O)NCC3CCCO3)c2)c(C)c1C#N. The van der Waals surface area contributed by atoms with E-state index in [4.69, 9.17) is 9.47 Å². The molecule has 1 aromatic carbocycles. The van der Waals surface area contributed by atoms with Crippen LogP contribution in [-0.2, 0) is 4.74 Å². The number of amides is 1. The Bertz CT molecular complexity index is 896. The average Bonchev–Trinajstić information content (AvgIpc) is 3.19. The number of rotatable bonds is 5. The zero-order chi connectivity index (χ0) is 19.4. The van der Waals surface area contributed by atoms with Gasteiger partial charge in [0.05, 0.1) is 13.2 Å². The van der Waals surface area contributed by atoms with Gasteiger partial charge in [-0.25, -0.2) is 4.98 Å². The number of nitriles is 1. The van der Waals surface area contributed by atoms with Crippen molar-refractivity contribution >= 4 is 5.91 Å². The molecule has 1 aromatic heterocycles. The van der Waals surface area contributed by atoms with Crippen molar-refractivity contribution in [1.82, 2.24) is 10.3 Å². The molecule has 0 aliphatic carbocycles. The molecule has 3 rings (SSSR count). The molecule has 2 heterocycles. The Kier molecular flexibility index (Phi) is 5.72. The van der Waals surface area contributed by atoms with Crippen LogP contribution in [0.15, 0.2) is 24.3 Å². The van der Waals surface area contributed by atoms with Gasteiger partial charge in [-0.2, -0.15) is 5.26 Å². The number of ether oxygens (including phenoxy) is 2. The van der Waals surface area contributed by atoms with E-state index in [1.54, 1.807) is 6.07 Å². The Balaban J connectivity index is 1.89. The number of nitrogens with one attached hydrogen (secondary N) is 1. The second-order valence-electron chi connectivity index (χ2n) is 6.62. The molecule has 6 nitrogen and oxygen atoms in total. The summed E-state index contributed by atoms with van der Waals surface area (Å²) in [6.07, 6.45) is 2.12. The first-order valence-corrected chi connectivity index (χ1v) is 9.00. The van der Waals surface area contributed by atoms with Crippen molar-refractivity contribution in [2.24, 2.45) is 0 Å². The maximum Gasteiger partial charge on any atom is 0.251 e. The minimum absolute atomic E-state index is 0.102. The van der Waals surface area contributed by atoms with Gasteiger partial charge in [-0.15, -0.1) is 0 Å². The Labute approximate surface area is 159 Å². The summed E-state index contributed by atoms with van der Waals surface area (Å²) in [5, 5.41) is 12.4. The molecule has 1 aliphatic rings. The van der Waals surface area contributed by atoms with Crippen molar-refractivity contribution in [2.45, 2.75) is 32.8 Å². The smallest absolute Gasteiger partial charge is 0.251 e. The van der Waals surface area contributed by atoms with E-state index in [2.05, 4.69) is 16.4 Å². The summed E-state index contributed by atoms with van der Waals surface area (Å²) in [6.45, 7) is 5.02. The zero-order valence-corrected chi connectivity index (χ0v) is 15.8. The number of carbonyl (C=O) groups is 1. The van der Waals surface area contributed by atoms with Gasteiger partial charge in [0.15, 0.2) is 0 Å². The topological polar surface area (TPSA) is 84.2 Å². The average molecular weight is 365 g/mol. The van der Waals surface area contributed by atoms with E-state index in [9.17, 15) is 10.1 Å². The van der Waals surface area contributed by atoms with Crippen molar-refractivity contribution in [2.75, 3.05) is 20.3 Å². The minimum Gasteiger partial charge on any atom is -0.480 e. The van der Waals surface area contributed by atoms with Crippen molar-refractivity contribution in [3.63, 3.8) is 0 Å². The number of methoxy groups -OCH3 is 1. The van der Waals surface area contributed by atoms with E-state index in [-0.39, 0.29) is 12.0 Å². The van der Waals surface area contributed by atoms with Gasteiger partial charge in [-0.05, 0) is 49.9 Å². The molecule has 0 spiro atoms. The summed E-state index contributed by atoms with van der Waals surface area (Å²) in [5.74, 6) is 0.186. The lowest BCUT2D eigenvalue weighted by Gasteiger charge is -2.15. The molecule has 0 radical (unpaired) electrons. The molecule has 1 amide bonds. The van der Waals surface area contributed by atoms with Crippen LogP contribution >= 0.6 is 0 Å². The molecule has 1 fully saturated rings. The van der Waals surface area contributed by atoms with Crippen LogP contribution in [0.1, 0.15) is 40.0 Å². The summed E-state index contributed by atoms with van der Waals surface area (Å²) in [4.78, 5) is 16.9. The number of aromatic nitrogens is 1. The van der Waals surface area contributed by atoms with Crippen LogP contribution in [0.3, 0.4) is 0 Å². The maximum atomic E-state index is 12.5. The van der Waals surface area contributed by atoms with Crippen LogP contribution in [0, 0.1) is 25.2 Å². The first-order chi connectivity index (χ1) is 13.0. The predicted octanol–water partition coefficient (Wildman–Crippen LogP) is 3.15. The number of nitrogens with zero attached hydrogens (tertiary/aromatic N) is 2. The fourth-order valence-corrected chi connectivity index (χ4v) is 3.46. The first-order valence-electron chi connectivity index (χ1n) is 9.00. The monoisotopic (exact) mass is 365 g/mol. The van der Waals surface area contributed by atoms with Gasteiger partial charge < -0.3 is 14.8 Å². The van der Waals surface area contributed by atoms with E-state index in [1.807, 2.05) is 32.0 Å². The number of hydrogen-bond donors (Lipinski definition) is 1.